The highest BCUT2D eigenvalue weighted by atomic mass is 16.5. The Bertz CT molecular complexity index is 820. The molecule has 1 aliphatic heterocycles. The molecular weight excluding hydrogens is 370 g/mol. The molecule has 1 saturated heterocycles. The van der Waals surface area contributed by atoms with Crippen LogP contribution < -0.4 is 19.7 Å². The molecule has 3 rings (SSSR count). The van der Waals surface area contributed by atoms with E-state index in [1.54, 1.807) is 32.7 Å². The number of hydrogen-bond acceptors (Lipinski definition) is 7. The number of amides is 1. The molecule has 2 aromatic rings. The average Bonchev–Trinajstić information content (AvgIpc) is 2.78. The second-order valence-electron chi connectivity index (χ2n) is 6.61. The van der Waals surface area contributed by atoms with Crippen molar-refractivity contribution in [1.29, 1.82) is 0 Å². The fourth-order valence-corrected chi connectivity index (χ4v) is 3.16. The van der Waals surface area contributed by atoms with Crippen LogP contribution in [0, 0.1) is 0 Å². The maximum Gasteiger partial charge on any atom is 0.244 e. The number of piperazine rings is 1. The summed E-state index contributed by atoms with van der Waals surface area (Å²) in [6.07, 6.45) is 6.77. The Balaban J connectivity index is 1.41. The molecule has 0 saturated carbocycles. The Kier molecular flexibility index (Phi) is 7.40. The zero-order valence-electron chi connectivity index (χ0n) is 16.9. The highest BCUT2D eigenvalue weighted by Crippen LogP contribution is 2.24. The van der Waals surface area contributed by atoms with E-state index in [1.165, 1.54) is 6.08 Å². The Morgan fingerprint density at radius 1 is 1.14 bits per heavy atom. The minimum Gasteiger partial charge on any atom is -0.497 e. The van der Waals surface area contributed by atoms with Gasteiger partial charge in [-0.3, -0.25) is 9.69 Å². The van der Waals surface area contributed by atoms with Crippen LogP contribution >= 0.6 is 0 Å². The van der Waals surface area contributed by atoms with E-state index >= 15 is 0 Å². The van der Waals surface area contributed by atoms with Gasteiger partial charge in [-0.1, -0.05) is 0 Å². The molecule has 0 atom stereocenters. The number of hydrogen-bond donors (Lipinski definition) is 1. The van der Waals surface area contributed by atoms with Gasteiger partial charge in [0.2, 0.25) is 11.9 Å². The van der Waals surface area contributed by atoms with Crippen LogP contribution in [0.2, 0.25) is 0 Å². The maximum absolute atomic E-state index is 12.1. The third kappa shape index (κ3) is 5.92. The third-order valence-corrected chi connectivity index (χ3v) is 4.79. The number of anilines is 1. The van der Waals surface area contributed by atoms with Crippen LogP contribution in [0.5, 0.6) is 11.5 Å². The van der Waals surface area contributed by atoms with Crippen molar-refractivity contribution in [1.82, 2.24) is 20.2 Å². The lowest BCUT2D eigenvalue weighted by Gasteiger charge is -2.34. The molecule has 0 radical (unpaired) electrons. The second-order valence-corrected chi connectivity index (χ2v) is 6.61. The molecule has 29 heavy (non-hydrogen) atoms. The predicted octanol–water partition coefficient (Wildman–Crippen LogP) is 1.45. The number of ether oxygens (including phenoxy) is 2. The van der Waals surface area contributed by atoms with E-state index in [1.807, 2.05) is 24.3 Å². The zero-order valence-corrected chi connectivity index (χ0v) is 16.9. The van der Waals surface area contributed by atoms with Crippen molar-refractivity contribution < 1.29 is 14.3 Å². The first-order valence-corrected chi connectivity index (χ1v) is 9.62. The van der Waals surface area contributed by atoms with Gasteiger partial charge in [-0.2, -0.15) is 0 Å². The van der Waals surface area contributed by atoms with Crippen LogP contribution in [0.25, 0.3) is 6.08 Å². The van der Waals surface area contributed by atoms with Gasteiger partial charge in [0, 0.05) is 63.3 Å². The van der Waals surface area contributed by atoms with Crippen molar-refractivity contribution in [2.24, 2.45) is 0 Å². The number of nitrogens with zero attached hydrogens (tertiary/aromatic N) is 4. The Hall–Kier alpha value is -3.13. The zero-order chi connectivity index (χ0) is 20.5. The van der Waals surface area contributed by atoms with E-state index in [0.717, 1.165) is 44.2 Å². The number of aromatic nitrogens is 2. The Labute approximate surface area is 171 Å². The summed E-state index contributed by atoms with van der Waals surface area (Å²) in [6, 6.07) is 7.29. The summed E-state index contributed by atoms with van der Waals surface area (Å²) in [7, 11) is 3.21. The van der Waals surface area contributed by atoms with Crippen molar-refractivity contribution >= 4 is 17.9 Å². The average molecular weight is 397 g/mol. The summed E-state index contributed by atoms with van der Waals surface area (Å²) >= 11 is 0. The van der Waals surface area contributed by atoms with Crippen LogP contribution in [-0.4, -0.2) is 74.3 Å². The molecule has 0 aliphatic carbocycles. The normalized spacial score (nSPS) is 14.8. The van der Waals surface area contributed by atoms with E-state index in [0.29, 0.717) is 18.0 Å². The van der Waals surface area contributed by atoms with Crippen LogP contribution in [0.3, 0.4) is 0 Å². The maximum atomic E-state index is 12.1. The first-order chi connectivity index (χ1) is 14.2. The summed E-state index contributed by atoms with van der Waals surface area (Å²) in [5, 5.41) is 2.93. The van der Waals surface area contributed by atoms with Gasteiger partial charge in [0.25, 0.3) is 0 Å². The molecule has 0 unspecified atom stereocenters. The van der Waals surface area contributed by atoms with E-state index in [9.17, 15) is 4.79 Å². The predicted molar refractivity (Wildman–Crippen MR) is 112 cm³/mol. The van der Waals surface area contributed by atoms with Crippen LogP contribution in [0.15, 0.2) is 42.7 Å². The van der Waals surface area contributed by atoms with Crippen LogP contribution in [0.4, 0.5) is 5.95 Å². The van der Waals surface area contributed by atoms with Crippen molar-refractivity contribution in [3.05, 3.63) is 48.3 Å². The number of rotatable bonds is 8. The number of carbonyl (C=O) groups excluding carboxylic acids is 1. The van der Waals surface area contributed by atoms with Gasteiger partial charge in [-0.25, -0.2) is 9.97 Å². The Morgan fingerprint density at radius 2 is 1.90 bits per heavy atom. The summed E-state index contributed by atoms with van der Waals surface area (Å²) < 4.78 is 10.5. The quantitative estimate of drug-likeness (QED) is 0.675. The molecule has 2 heterocycles. The monoisotopic (exact) mass is 397 g/mol. The fraction of sp³-hybridized carbons (Fsp3) is 0.381. The highest BCUT2D eigenvalue weighted by molar-refractivity contribution is 5.92. The minimum absolute atomic E-state index is 0.133. The molecule has 1 amide bonds. The van der Waals surface area contributed by atoms with Gasteiger partial charge in [-0.15, -0.1) is 0 Å². The standard InChI is InChI=1S/C21H27N5O3/c1-28-18-5-6-19(29-2)17(16-18)4-7-20(27)22-10-11-25-12-14-26(15-13-25)21-23-8-3-9-24-21/h3-9,16H,10-15H2,1-2H3,(H,22,27). The summed E-state index contributed by atoms with van der Waals surface area (Å²) in [5.74, 6) is 2.05. The number of methoxy groups -OCH3 is 2. The minimum atomic E-state index is -0.133. The van der Waals surface area contributed by atoms with Gasteiger partial charge in [0.1, 0.15) is 11.5 Å². The molecule has 1 aliphatic rings. The second kappa shape index (κ2) is 10.4. The van der Waals surface area contributed by atoms with Gasteiger partial charge in [0.15, 0.2) is 0 Å². The van der Waals surface area contributed by atoms with E-state index in [4.69, 9.17) is 9.47 Å². The van der Waals surface area contributed by atoms with E-state index in [-0.39, 0.29) is 5.91 Å². The lowest BCUT2D eigenvalue weighted by Crippen LogP contribution is -2.48. The van der Waals surface area contributed by atoms with Crippen molar-refractivity contribution in [3.8, 4) is 11.5 Å². The number of benzene rings is 1. The lowest BCUT2D eigenvalue weighted by atomic mass is 10.1. The summed E-state index contributed by atoms with van der Waals surface area (Å²) in [4.78, 5) is 25.2. The van der Waals surface area contributed by atoms with Gasteiger partial charge in [0.05, 0.1) is 14.2 Å². The number of carbonyl (C=O) groups is 1. The van der Waals surface area contributed by atoms with Crippen LogP contribution in [-0.2, 0) is 4.79 Å². The molecule has 1 fully saturated rings. The van der Waals surface area contributed by atoms with Gasteiger partial charge < -0.3 is 19.7 Å². The van der Waals surface area contributed by atoms with Crippen molar-refractivity contribution in [2.75, 3.05) is 58.4 Å². The highest BCUT2D eigenvalue weighted by Gasteiger charge is 2.18. The first-order valence-electron chi connectivity index (χ1n) is 9.62. The third-order valence-electron chi connectivity index (χ3n) is 4.79. The first kappa shape index (κ1) is 20.6. The molecule has 8 heteroatoms. The van der Waals surface area contributed by atoms with E-state index in [2.05, 4.69) is 25.1 Å². The molecule has 8 nitrogen and oxygen atoms in total. The Morgan fingerprint density at radius 3 is 2.59 bits per heavy atom. The lowest BCUT2D eigenvalue weighted by molar-refractivity contribution is -0.116. The topological polar surface area (TPSA) is 79.8 Å². The van der Waals surface area contributed by atoms with Gasteiger partial charge >= 0.3 is 0 Å². The molecular formula is C21H27N5O3. The molecule has 1 N–H and O–H groups in total. The smallest absolute Gasteiger partial charge is 0.244 e. The molecule has 1 aromatic carbocycles. The SMILES string of the molecule is COc1ccc(OC)c(C=CC(=O)NCCN2CCN(c3ncccn3)CC2)c1. The van der Waals surface area contributed by atoms with Crippen molar-refractivity contribution in [2.45, 2.75) is 0 Å². The summed E-state index contributed by atoms with van der Waals surface area (Å²) in [6.45, 7) is 5.02. The molecule has 0 spiro atoms. The molecule has 154 valence electrons. The van der Waals surface area contributed by atoms with Gasteiger partial charge in [-0.05, 0) is 30.3 Å². The largest absolute Gasteiger partial charge is 0.497 e. The molecule has 1 aromatic heterocycles. The number of nitrogens with one attached hydrogen (secondary N) is 1. The van der Waals surface area contributed by atoms with E-state index < -0.39 is 0 Å². The van der Waals surface area contributed by atoms with Crippen LogP contribution in [0.1, 0.15) is 5.56 Å². The summed E-state index contributed by atoms with van der Waals surface area (Å²) in [5.41, 5.74) is 0.793. The van der Waals surface area contributed by atoms with Crippen molar-refractivity contribution in [3.63, 3.8) is 0 Å². The molecule has 0 bridgehead atoms. The fourth-order valence-electron chi connectivity index (χ4n) is 3.16.